The van der Waals surface area contributed by atoms with Crippen LogP contribution in [0.5, 0.6) is 0 Å². The Kier molecular flexibility index (Phi) is 6.36. The molecule has 1 aliphatic rings. The van der Waals surface area contributed by atoms with Gasteiger partial charge >= 0.3 is 0 Å². The third kappa shape index (κ3) is 4.37. The van der Waals surface area contributed by atoms with Crippen LogP contribution in [0.15, 0.2) is 0 Å². The van der Waals surface area contributed by atoms with E-state index in [9.17, 15) is 9.59 Å². The van der Waals surface area contributed by atoms with Crippen LogP contribution in [0.3, 0.4) is 0 Å². The highest BCUT2D eigenvalue weighted by atomic mass is 35.5. The molecule has 1 fully saturated rings. The lowest BCUT2D eigenvalue weighted by atomic mass is 10.1. The van der Waals surface area contributed by atoms with E-state index in [1.807, 2.05) is 6.92 Å². The van der Waals surface area contributed by atoms with Crippen molar-refractivity contribution < 1.29 is 9.59 Å². The lowest BCUT2D eigenvalue weighted by Crippen LogP contribution is -2.34. The zero-order chi connectivity index (χ0) is 11.4. The summed E-state index contributed by atoms with van der Waals surface area (Å²) < 4.78 is 0. The van der Waals surface area contributed by atoms with E-state index in [-0.39, 0.29) is 36.2 Å². The van der Waals surface area contributed by atoms with Crippen LogP contribution in [0.4, 0.5) is 0 Å². The van der Waals surface area contributed by atoms with Gasteiger partial charge in [0.15, 0.2) is 0 Å². The Labute approximate surface area is 102 Å². The molecule has 2 amide bonds. The molecule has 1 heterocycles. The predicted octanol–water partition coefficient (Wildman–Crippen LogP) is -0.260. The summed E-state index contributed by atoms with van der Waals surface area (Å²) >= 11 is 0. The molecule has 5 nitrogen and oxygen atoms in total. The number of nitrogens with zero attached hydrogens (tertiary/aromatic N) is 1. The molecule has 2 unspecified atom stereocenters. The standard InChI is InChI=1S/C10H19N3O2.ClH/c1-7(11)3-4-12-10(15)8-5-9(14)13(2)6-8;/h7-8H,3-6,11H2,1-2H3,(H,12,15);1H. The number of nitrogens with one attached hydrogen (secondary N) is 1. The van der Waals surface area contributed by atoms with E-state index in [1.54, 1.807) is 11.9 Å². The van der Waals surface area contributed by atoms with Gasteiger partial charge in [-0.15, -0.1) is 12.4 Å². The van der Waals surface area contributed by atoms with Crippen molar-refractivity contribution in [2.75, 3.05) is 20.1 Å². The topological polar surface area (TPSA) is 75.4 Å². The van der Waals surface area contributed by atoms with Crippen molar-refractivity contribution >= 4 is 24.2 Å². The number of carbonyl (C=O) groups excluding carboxylic acids is 2. The fraction of sp³-hybridized carbons (Fsp3) is 0.800. The van der Waals surface area contributed by atoms with E-state index in [4.69, 9.17) is 5.73 Å². The van der Waals surface area contributed by atoms with Gasteiger partial charge in [-0.25, -0.2) is 0 Å². The number of amides is 2. The van der Waals surface area contributed by atoms with Gasteiger partial charge in [0.05, 0.1) is 5.92 Å². The van der Waals surface area contributed by atoms with Crippen molar-refractivity contribution in [2.24, 2.45) is 11.7 Å². The molecule has 0 spiro atoms. The van der Waals surface area contributed by atoms with Crippen molar-refractivity contribution in [3.63, 3.8) is 0 Å². The second kappa shape index (κ2) is 6.70. The number of hydrogen-bond acceptors (Lipinski definition) is 3. The summed E-state index contributed by atoms with van der Waals surface area (Å²) in [4.78, 5) is 24.4. The fourth-order valence-electron chi connectivity index (χ4n) is 1.61. The molecular weight excluding hydrogens is 230 g/mol. The maximum absolute atomic E-state index is 11.6. The minimum Gasteiger partial charge on any atom is -0.356 e. The maximum Gasteiger partial charge on any atom is 0.225 e. The van der Waals surface area contributed by atoms with Gasteiger partial charge in [0.2, 0.25) is 11.8 Å². The average Bonchev–Trinajstić information content (AvgIpc) is 2.46. The predicted molar refractivity (Wildman–Crippen MR) is 64.3 cm³/mol. The van der Waals surface area contributed by atoms with Crippen LogP contribution in [0.2, 0.25) is 0 Å². The molecule has 0 radical (unpaired) electrons. The van der Waals surface area contributed by atoms with E-state index < -0.39 is 0 Å². The number of carbonyl (C=O) groups is 2. The summed E-state index contributed by atoms with van der Waals surface area (Å²) in [6.45, 7) is 3.02. The van der Waals surface area contributed by atoms with Crippen molar-refractivity contribution in [3.8, 4) is 0 Å². The van der Waals surface area contributed by atoms with Gasteiger partial charge in [-0.2, -0.15) is 0 Å². The van der Waals surface area contributed by atoms with Crippen LogP contribution in [-0.4, -0.2) is 42.9 Å². The highest BCUT2D eigenvalue weighted by Crippen LogP contribution is 2.15. The third-order valence-electron chi connectivity index (χ3n) is 2.61. The van der Waals surface area contributed by atoms with Crippen LogP contribution in [-0.2, 0) is 9.59 Å². The molecule has 0 aliphatic carbocycles. The molecule has 1 saturated heterocycles. The van der Waals surface area contributed by atoms with Gasteiger partial charge < -0.3 is 16.0 Å². The average molecular weight is 250 g/mol. The van der Waals surface area contributed by atoms with E-state index in [1.165, 1.54) is 0 Å². The summed E-state index contributed by atoms with van der Waals surface area (Å²) in [6.07, 6.45) is 1.10. The summed E-state index contributed by atoms with van der Waals surface area (Å²) in [5, 5.41) is 2.80. The lowest BCUT2D eigenvalue weighted by Gasteiger charge is -2.11. The molecule has 0 bridgehead atoms. The van der Waals surface area contributed by atoms with Crippen LogP contribution in [0.25, 0.3) is 0 Å². The Morgan fingerprint density at radius 2 is 2.31 bits per heavy atom. The second-order valence-corrected chi connectivity index (χ2v) is 4.23. The van der Waals surface area contributed by atoms with Crippen molar-refractivity contribution in [1.29, 1.82) is 0 Å². The largest absolute Gasteiger partial charge is 0.356 e. The summed E-state index contributed by atoms with van der Waals surface area (Å²) in [7, 11) is 1.72. The van der Waals surface area contributed by atoms with Gasteiger partial charge in [0.1, 0.15) is 0 Å². The maximum atomic E-state index is 11.6. The van der Waals surface area contributed by atoms with Crippen LogP contribution in [0, 0.1) is 5.92 Å². The first kappa shape index (κ1) is 15.2. The molecule has 3 N–H and O–H groups in total. The molecule has 1 rings (SSSR count). The minimum absolute atomic E-state index is 0. The second-order valence-electron chi connectivity index (χ2n) is 4.23. The zero-order valence-corrected chi connectivity index (χ0v) is 10.5. The quantitative estimate of drug-likeness (QED) is 0.721. The molecule has 0 saturated carbocycles. The summed E-state index contributed by atoms with van der Waals surface area (Å²) in [5.41, 5.74) is 5.56. The van der Waals surface area contributed by atoms with Crippen molar-refractivity contribution in [2.45, 2.75) is 25.8 Å². The molecule has 2 atom stereocenters. The minimum atomic E-state index is -0.185. The van der Waals surface area contributed by atoms with E-state index in [2.05, 4.69) is 5.32 Å². The number of halogens is 1. The van der Waals surface area contributed by atoms with Gasteiger partial charge in [-0.3, -0.25) is 9.59 Å². The monoisotopic (exact) mass is 249 g/mol. The molecule has 1 aliphatic heterocycles. The Balaban J connectivity index is 0.00000225. The van der Waals surface area contributed by atoms with Crippen molar-refractivity contribution in [3.05, 3.63) is 0 Å². The normalized spacial score (nSPS) is 21.6. The summed E-state index contributed by atoms with van der Waals surface area (Å²) in [6, 6.07) is 0.0955. The molecule has 0 aromatic heterocycles. The first-order valence-electron chi connectivity index (χ1n) is 5.28. The Morgan fingerprint density at radius 3 is 2.75 bits per heavy atom. The number of nitrogens with two attached hydrogens (primary N) is 1. The Hall–Kier alpha value is -0.810. The first-order valence-corrected chi connectivity index (χ1v) is 5.28. The van der Waals surface area contributed by atoms with Crippen LogP contribution in [0.1, 0.15) is 19.8 Å². The third-order valence-corrected chi connectivity index (χ3v) is 2.61. The molecule has 0 aromatic rings. The number of likely N-dealkylation sites (tertiary alicyclic amines) is 1. The molecule has 6 heteroatoms. The Morgan fingerprint density at radius 1 is 1.69 bits per heavy atom. The number of hydrogen-bond donors (Lipinski definition) is 2. The zero-order valence-electron chi connectivity index (χ0n) is 9.73. The van der Waals surface area contributed by atoms with Crippen LogP contribution < -0.4 is 11.1 Å². The molecule has 94 valence electrons. The first-order chi connectivity index (χ1) is 7.00. The SMILES string of the molecule is CC(N)CCNC(=O)C1CC(=O)N(C)C1.Cl. The van der Waals surface area contributed by atoms with Gasteiger partial charge in [0.25, 0.3) is 0 Å². The molecular formula is C10H20ClN3O2. The number of rotatable bonds is 4. The summed E-state index contributed by atoms with van der Waals surface area (Å²) in [5.74, 6) is -0.175. The van der Waals surface area contributed by atoms with E-state index in [0.717, 1.165) is 6.42 Å². The molecule has 16 heavy (non-hydrogen) atoms. The highest BCUT2D eigenvalue weighted by molar-refractivity contribution is 5.89. The highest BCUT2D eigenvalue weighted by Gasteiger charge is 2.31. The van der Waals surface area contributed by atoms with Gasteiger partial charge in [-0.1, -0.05) is 0 Å². The molecule has 0 aromatic carbocycles. The van der Waals surface area contributed by atoms with Crippen LogP contribution >= 0.6 is 12.4 Å². The Bertz CT molecular complexity index is 258. The van der Waals surface area contributed by atoms with Gasteiger partial charge in [0, 0.05) is 32.6 Å². The fourth-order valence-corrected chi connectivity index (χ4v) is 1.61. The van der Waals surface area contributed by atoms with Crippen molar-refractivity contribution in [1.82, 2.24) is 10.2 Å². The van der Waals surface area contributed by atoms with E-state index in [0.29, 0.717) is 19.5 Å². The smallest absolute Gasteiger partial charge is 0.225 e. The van der Waals surface area contributed by atoms with E-state index >= 15 is 0 Å². The lowest BCUT2D eigenvalue weighted by molar-refractivity contribution is -0.128. The van der Waals surface area contributed by atoms with Gasteiger partial charge in [-0.05, 0) is 13.3 Å².